The van der Waals surface area contributed by atoms with Crippen LogP contribution in [0.15, 0.2) is 77.7 Å². The molecule has 0 bridgehead atoms. The van der Waals surface area contributed by atoms with E-state index in [9.17, 15) is 9.00 Å². The van der Waals surface area contributed by atoms with Gasteiger partial charge in [-0.2, -0.15) is 0 Å². The third-order valence-electron chi connectivity index (χ3n) is 6.00. The van der Waals surface area contributed by atoms with Crippen LogP contribution in [0.3, 0.4) is 0 Å². The number of fused-ring (bicyclic) bond motifs is 1. The minimum Gasteiger partial charge on any atom is -0.384 e. The Hall–Kier alpha value is -3.44. The number of rotatable bonds is 9. The third kappa shape index (κ3) is 5.52. The maximum Gasteiger partial charge on any atom is 0.230 e. The van der Waals surface area contributed by atoms with Gasteiger partial charge in [-0.05, 0) is 48.4 Å². The van der Waals surface area contributed by atoms with Crippen molar-refractivity contribution in [2.24, 2.45) is 11.7 Å². The van der Waals surface area contributed by atoms with Gasteiger partial charge in [0.25, 0.3) is 0 Å². The molecule has 1 unspecified atom stereocenters. The van der Waals surface area contributed by atoms with Crippen LogP contribution in [0.1, 0.15) is 22.2 Å². The zero-order chi connectivity index (χ0) is 25.1. The Balaban J connectivity index is 1.40. The topological polar surface area (TPSA) is 133 Å². The number of amides is 1. The van der Waals surface area contributed by atoms with Gasteiger partial charge in [0, 0.05) is 24.3 Å². The first-order valence-corrected chi connectivity index (χ1v) is 13.5. The number of thiazole rings is 1. The number of benzene rings is 3. The summed E-state index contributed by atoms with van der Waals surface area (Å²) in [6, 6.07) is 22.1. The molecule has 36 heavy (non-hydrogen) atoms. The van der Waals surface area contributed by atoms with Crippen molar-refractivity contribution in [3.05, 3.63) is 88.9 Å². The van der Waals surface area contributed by atoms with Crippen molar-refractivity contribution in [3.63, 3.8) is 0 Å². The Morgan fingerprint density at radius 1 is 1.14 bits per heavy atom. The summed E-state index contributed by atoms with van der Waals surface area (Å²) >= 11 is 1.56. The van der Waals surface area contributed by atoms with Crippen molar-refractivity contribution in [1.29, 1.82) is 5.41 Å². The molecule has 6 N–H and O–H groups in total. The van der Waals surface area contributed by atoms with E-state index in [0.29, 0.717) is 35.7 Å². The van der Waals surface area contributed by atoms with Crippen LogP contribution in [0, 0.1) is 11.3 Å². The predicted octanol–water partition coefficient (Wildman–Crippen LogP) is 3.33. The number of nitrogens with two attached hydrogens (primary N) is 1. The summed E-state index contributed by atoms with van der Waals surface area (Å²) in [6.07, 6.45) is 0.512. The Labute approximate surface area is 215 Å². The Kier molecular flexibility index (Phi) is 7.19. The van der Waals surface area contributed by atoms with Crippen LogP contribution in [0.2, 0.25) is 0 Å². The molecule has 1 fully saturated rings. The lowest BCUT2D eigenvalue weighted by atomic mass is 10.0. The summed E-state index contributed by atoms with van der Waals surface area (Å²) in [5.74, 6) is -0.0738. The second kappa shape index (κ2) is 10.7. The van der Waals surface area contributed by atoms with Crippen LogP contribution >= 0.6 is 11.3 Å². The van der Waals surface area contributed by atoms with E-state index in [0.717, 1.165) is 20.8 Å². The quantitative estimate of drug-likeness (QED) is 0.171. The minimum absolute atomic E-state index is 0.00136. The highest BCUT2D eigenvalue weighted by Crippen LogP contribution is 2.29. The fourth-order valence-corrected chi connectivity index (χ4v) is 6.04. The van der Waals surface area contributed by atoms with Crippen LogP contribution in [-0.2, 0) is 22.2 Å². The Bertz CT molecular complexity index is 1420. The van der Waals surface area contributed by atoms with Gasteiger partial charge < -0.3 is 16.4 Å². The van der Waals surface area contributed by atoms with E-state index in [2.05, 4.69) is 15.4 Å². The van der Waals surface area contributed by atoms with Gasteiger partial charge in [0.2, 0.25) is 5.91 Å². The molecule has 1 aliphatic heterocycles. The van der Waals surface area contributed by atoms with Gasteiger partial charge in [0.05, 0.1) is 27.1 Å². The fraction of sp³-hybridized carbons (Fsp3) is 0.192. The minimum atomic E-state index is -1.56. The number of nitrogen functional groups attached to an aromatic ring is 1. The Morgan fingerprint density at radius 2 is 1.94 bits per heavy atom. The SMILES string of the molecule is N=C(N)c1cccc(C[C@@H](NS(=O)c2cccc(NC(=O)C3CNC3)c2)c2nc3ccccc3s2)c1. The molecule has 2 atom stereocenters. The molecule has 1 saturated heterocycles. The highest BCUT2D eigenvalue weighted by molar-refractivity contribution is 7.83. The van der Waals surface area contributed by atoms with Crippen molar-refractivity contribution in [2.75, 3.05) is 18.4 Å². The van der Waals surface area contributed by atoms with Crippen molar-refractivity contribution in [3.8, 4) is 0 Å². The van der Waals surface area contributed by atoms with E-state index in [1.807, 2.05) is 42.5 Å². The summed E-state index contributed by atoms with van der Waals surface area (Å²) in [5.41, 5.74) is 8.79. The van der Waals surface area contributed by atoms with Gasteiger partial charge in [-0.1, -0.05) is 36.4 Å². The van der Waals surface area contributed by atoms with E-state index in [1.165, 1.54) is 0 Å². The van der Waals surface area contributed by atoms with Crippen LogP contribution < -0.4 is 21.1 Å². The van der Waals surface area contributed by atoms with Crippen molar-refractivity contribution < 1.29 is 9.00 Å². The molecule has 3 aromatic carbocycles. The number of hydrogen-bond acceptors (Lipinski definition) is 6. The molecule has 0 aliphatic carbocycles. The number of nitrogens with zero attached hydrogens (tertiary/aromatic N) is 1. The lowest BCUT2D eigenvalue weighted by Crippen LogP contribution is -2.48. The van der Waals surface area contributed by atoms with E-state index >= 15 is 0 Å². The largest absolute Gasteiger partial charge is 0.384 e. The van der Waals surface area contributed by atoms with Crippen LogP contribution in [0.5, 0.6) is 0 Å². The number of anilines is 1. The summed E-state index contributed by atoms with van der Waals surface area (Å²) in [7, 11) is -1.56. The zero-order valence-electron chi connectivity index (χ0n) is 19.4. The normalized spacial score (nSPS) is 15.2. The number of carbonyl (C=O) groups excluding carboxylic acids is 1. The molecule has 184 valence electrons. The molecule has 1 amide bonds. The lowest BCUT2D eigenvalue weighted by molar-refractivity contribution is -0.121. The van der Waals surface area contributed by atoms with Crippen LogP contribution in [0.4, 0.5) is 5.69 Å². The molecule has 1 aromatic heterocycles. The second-order valence-electron chi connectivity index (χ2n) is 8.65. The molecule has 0 radical (unpaired) electrons. The average Bonchev–Trinajstić information content (AvgIpc) is 3.27. The summed E-state index contributed by atoms with van der Waals surface area (Å²) in [4.78, 5) is 17.7. The average molecular weight is 519 g/mol. The van der Waals surface area contributed by atoms with Gasteiger partial charge in [0.1, 0.15) is 21.8 Å². The van der Waals surface area contributed by atoms with Gasteiger partial charge in [-0.25, -0.2) is 13.9 Å². The molecular weight excluding hydrogens is 492 g/mol. The molecule has 0 saturated carbocycles. The number of nitrogens with one attached hydrogen (secondary N) is 4. The first-order valence-electron chi connectivity index (χ1n) is 11.5. The first-order chi connectivity index (χ1) is 17.5. The zero-order valence-corrected chi connectivity index (χ0v) is 21.0. The van der Waals surface area contributed by atoms with Gasteiger partial charge in [0.15, 0.2) is 0 Å². The maximum atomic E-state index is 13.4. The second-order valence-corrected chi connectivity index (χ2v) is 11.0. The maximum absolute atomic E-state index is 13.4. The summed E-state index contributed by atoms with van der Waals surface area (Å²) in [5, 5.41) is 14.6. The smallest absolute Gasteiger partial charge is 0.230 e. The van der Waals surface area contributed by atoms with Gasteiger partial charge in [-0.15, -0.1) is 11.3 Å². The van der Waals surface area contributed by atoms with Crippen molar-refractivity contribution in [1.82, 2.24) is 15.0 Å². The number of carbonyl (C=O) groups is 1. The molecule has 0 spiro atoms. The molecule has 5 rings (SSSR count). The van der Waals surface area contributed by atoms with Gasteiger partial charge >= 0.3 is 0 Å². The van der Waals surface area contributed by atoms with Crippen molar-refractivity contribution in [2.45, 2.75) is 17.4 Å². The lowest BCUT2D eigenvalue weighted by Gasteiger charge is -2.25. The molecule has 2 heterocycles. The first kappa shape index (κ1) is 24.3. The number of para-hydroxylation sites is 1. The fourth-order valence-electron chi connectivity index (χ4n) is 3.92. The summed E-state index contributed by atoms with van der Waals surface area (Å²) < 4.78 is 17.7. The van der Waals surface area contributed by atoms with Gasteiger partial charge in [-0.3, -0.25) is 10.2 Å². The van der Waals surface area contributed by atoms with Crippen LogP contribution in [-0.4, -0.2) is 34.0 Å². The molecule has 10 heteroatoms. The number of aromatic nitrogens is 1. The highest BCUT2D eigenvalue weighted by Gasteiger charge is 2.25. The van der Waals surface area contributed by atoms with E-state index in [-0.39, 0.29) is 23.7 Å². The molecular formula is C26H26N6O2S2. The van der Waals surface area contributed by atoms with E-state index in [1.54, 1.807) is 41.7 Å². The number of amidine groups is 1. The third-order valence-corrected chi connectivity index (χ3v) is 8.33. The van der Waals surface area contributed by atoms with Crippen molar-refractivity contribution >= 4 is 50.0 Å². The number of hydrogen-bond donors (Lipinski definition) is 5. The van der Waals surface area contributed by atoms with E-state index in [4.69, 9.17) is 16.1 Å². The highest BCUT2D eigenvalue weighted by atomic mass is 32.2. The van der Waals surface area contributed by atoms with Crippen LogP contribution in [0.25, 0.3) is 10.2 Å². The predicted molar refractivity (Wildman–Crippen MR) is 144 cm³/mol. The molecule has 1 aliphatic rings. The molecule has 4 aromatic rings. The molecule has 8 nitrogen and oxygen atoms in total. The van der Waals surface area contributed by atoms with E-state index < -0.39 is 11.0 Å². The Morgan fingerprint density at radius 3 is 2.69 bits per heavy atom. The monoisotopic (exact) mass is 518 g/mol. The standard InChI is InChI=1S/C26H26N6O2S2/c27-24(28)17-6-3-5-16(11-17)12-22(26-31-21-9-1-2-10-23(21)35-26)32-36(34)20-8-4-7-19(13-20)30-25(33)18-14-29-15-18/h1-11,13,18,22,29,32H,12,14-15H2,(H3,27,28)(H,30,33)/t22-,36?/m1/s1. The summed E-state index contributed by atoms with van der Waals surface area (Å²) in [6.45, 7) is 1.35.